The van der Waals surface area contributed by atoms with Crippen molar-refractivity contribution in [2.75, 3.05) is 62.2 Å². The number of carbonyl (C=O) groups is 2. The fourth-order valence-corrected chi connectivity index (χ4v) is 5.47. The minimum Gasteiger partial charge on any atom is -0.368 e. The number of halogens is 2. The molecule has 2 heterocycles. The predicted octanol–water partition coefficient (Wildman–Crippen LogP) is 4.73. The van der Waals surface area contributed by atoms with Gasteiger partial charge in [0, 0.05) is 88.0 Å². The number of hydrogen-bond donors (Lipinski definition) is 0. The fraction of sp³-hybridized carbons (Fsp3) is 0.286. The van der Waals surface area contributed by atoms with Crippen LogP contribution in [0.2, 0.25) is 10.0 Å². The molecule has 0 radical (unpaired) electrons. The van der Waals surface area contributed by atoms with Gasteiger partial charge in [0.1, 0.15) is 0 Å². The maximum Gasteiger partial charge on any atom is 0.269 e. The summed E-state index contributed by atoms with van der Waals surface area (Å²) >= 11 is 12.6. The fourth-order valence-electron chi connectivity index (χ4n) is 5.15. The second-order valence-electron chi connectivity index (χ2n) is 9.92. The number of non-ortho nitro benzene ring substituents is 2. The molecule has 2 fully saturated rings. The van der Waals surface area contributed by atoms with Crippen LogP contribution in [-0.4, -0.2) is 83.8 Å². The third kappa shape index (κ3) is 6.09. The van der Waals surface area contributed by atoms with Crippen LogP contribution < -0.4 is 9.80 Å². The predicted molar refractivity (Wildman–Crippen MR) is 159 cm³/mol. The first kappa shape index (κ1) is 29.1. The van der Waals surface area contributed by atoms with Gasteiger partial charge >= 0.3 is 0 Å². The molecule has 0 atom stereocenters. The third-order valence-electron chi connectivity index (χ3n) is 7.51. The Hall–Kier alpha value is -4.42. The molecule has 0 aliphatic carbocycles. The molecule has 5 rings (SSSR count). The Balaban J connectivity index is 1.26. The normalized spacial score (nSPS) is 15.5. The summed E-state index contributed by atoms with van der Waals surface area (Å²) in [5.41, 5.74) is 2.03. The van der Waals surface area contributed by atoms with Crippen molar-refractivity contribution < 1.29 is 19.4 Å². The number of benzene rings is 3. The third-order valence-corrected chi connectivity index (χ3v) is 8.23. The molecule has 3 aromatic carbocycles. The molecule has 14 heteroatoms. The molecule has 2 aliphatic rings. The average molecular weight is 613 g/mol. The summed E-state index contributed by atoms with van der Waals surface area (Å²) in [5.74, 6) is -0.658. The van der Waals surface area contributed by atoms with Crippen molar-refractivity contribution in [3.8, 4) is 0 Å². The van der Waals surface area contributed by atoms with Crippen LogP contribution in [0.5, 0.6) is 0 Å². The second kappa shape index (κ2) is 12.2. The molecule has 2 amide bonds. The highest BCUT2D eigenvalue weighted by Crippen LogP contribution is 2.29. The first-order valence-electron chi connectivity index (χ1n) is 13.2. The van der Waals surface area contributed by atoms with Crippen molar-refractivity contribution in [3.63, 3.8) is 0 Å². The van der Waals surface area contributed by atoms with Crippen molar-refractivity contribution in [3.05, 3.63) is 102 Å². The highest BCUT2D eigenvalue weighted by molar-refractivity contribution is 6.42. The Labute approximate surface area is 250 Å². The van der Waals surface area contributed by atoms with Gasteiger partial charge in [-0.3, -0.25) is 29.8 Å². The smallest absolute Gasteiger partial charge is 0.269 e. The van der Waals surface area contributed by atoms with Crippen LogP contribution in [0.1, 0.15) is 20.7 Å². The molecule has 42 heavy (non-hydrogen) atoms. The van der Waals surface area contributed by atoms with Gasteiger partial charge < -0.3 is 19.6 Å². The first-order chi connectivity index (χ1) is 20.1. The standard InChI is InChI=1S/C28H26Cl2N6O6/c29-25-17-23(27(37)33-13-9-31(10-14-33)19-1-5-21(6-2-19)35(39)40)24(18-26(25)30)28(38)34-15-11-32(12-16-34)20-3-7-22(8-4-20)36(41)42/h1-8,17-18H,9-16H2. The Morgan fingerprint density at radius 1 is 0.571 bits per heavy atom. The van der Waals surface area contributed by atoms with Crippen molar-refractivity contribution in [2.45, 2.75) is 0 Å². The highest BCUT2D eigenvalue weighted by Gasteiger charge is 2.30. The van der Waals surface area contributed by atoms with Gasteiger partial charge in [0.25, 0.3) is 23.2 Å². The zero-order chi connectivity index (χ0) is 30.0. The van der Waals surface area contributed by atoms with Crippen molar-refractivity contribution in [1.82, 2.24) is 9.80 Å². The zero-order valence-corrected chi connectivity index (χ0v) is 23.8. The summed E-state index contributed by atoms with van der Waals surface area (Å²) in [4.78, 5) is 55.7. The van der Waals surface area contributed by atoms with Crippen LogP contribution in [0.4, 0.5) is 22.7 Å². The Bertz CT molecular complexity index is 1400. The van der Waals surface area contributed by atoms with Gasteiger partial charge in [-0.2, -0.15) is 0 Å². The van der Waals surface area contributed by atoms with Gasteiger partial charge in [0.15, 0.2) is 0 Å². The molecule has 12 nitrogen and oxygen atoms in total. The lowest BCUT2D eigenvalue weighted by Crippen LogP contribution is -2.50. The summed E-state index contributed by atoms with van der Waals surface area (Å²) in [7, 11) is 0. The van der Waals surface area contributed by atoms with E-state index in [1.165, 1.54) is 36.4 Å². The first-order valence-corrected chi connectivity index (χ1v) is 13.9. The molecule has 0 aromatic heterocycles. The molecule has 0 N–H and O–H groups in total. The molecule has 0 bridgehead atoms. The molecular formula is C28H26Cl2N6O6. The van der Waals surface area contributed by atoms with Gasteiger partial charge in [-0.1, -0.05) is 23.2 Å². The number of nitrogens with zero attached hydrogens (tertiary/aromatic N) is 6. The van der Waals surface area contributed by atoms with Crippen LogP contribution in [-0.2, 0) is 0 Å². The van der Waals surface area contributed by atoms with E-state index in [2.05, 4.69) is 0 Å². The number of amides is 2. The van der Waals surface area contributed by atoms with Gasteiger partial charge in [0.2, 0.25) is 0 Å². The maximum absolute atomic E-state index is 13.7. The number of nitro benzene ring substituents is 2. The van der Waals surface area contributed by atoms with E-state index in [9.17, 15) is 29.8 Å². The SMILES string of the molecule is O=C(c1cc(Cl)c(Cl)cc1C(=O)N1CCN(c2ccc([N+](=O)[O-])cc2)CC1)N1CCN(c2ccc([N+](=O)[O-])cc2)CC1. The van der Waals surface area contributed by atoms with Crippen LogP contribution in [0.15, 0.2) is 60.7 Å². The summed E-state index contributed by atoms with van der Waals surface area (Å²) < 4.78 is 0. The monoisotopic (exact) mass is 612 g/mol. The summed E-state index contributed by atoms with van der Waals surface area (Å²) in [6.45, 7) is 3.60. The number of nitro groups is 2. The zero-order valence-electron chi connectivity index (χ0n) is 22.3. The highest BCUT2D eigenvalue weighted by atomic mass is 35.5. The quantitative estimate of drug-likeness (QED) is 0.288. The van der Waals surface area contributed by atoms with E-state index in [-0.39, 0.29) is 44.4 Å². The number of hydrogen-bond acceptors (Lipinski definition) is 8. The van der Waals surface area contributed by atoms with E-state index < -0.39 is 9.85 Å². The summed E-state index contributed by atoms with van der Waals surface area (Å²) in [6, 6.07) is 15.4. The molecule has 0 saturated carbocycles. The van der Waals surface area contributed by atoms with Crippen molar-refractivity contribution in [1.29, 1.82) is 0 Å². The Kier molecular flexibility index (Phi) is 8.46. The van der Waals surface area contributed by atoms with Gasteiger partial charge in [-0.15, -0.1) is 0 Å². The molecule has 0 spiro atoms. The lowest BCUT2D eigenvalue weighted by atomic mass is 10.0. The number of piperazine rings is 2. The van der Waals surface area contributed by atoms with Crippen LogP contribution >= 0.6 is 23.2 Å². The van der Waals surface area contributed by atoms with Crippen LogP contribution in [0.3, 0.4) is 0 Å². The van der Waals surface area contributed by atoms with Crippen molar-refractivity contribution in [2.24, 2.45) is 0 Å². The van der Waals surface area contributed by atoms with Crippen LogP contribution in [0, 0.1) is 20.2 Å². The van der Waals surface area contributed by atoms with Crippen molar-refractivity contribution >= 4 is 57.8 Å². The van der Waals surface area contributed by atoms with Gasteiger partial charge in [-0.05, 0) is 36.4 Å². The molecule has 0 unspecified atom stereocenters. The maximum atomic E-state index is 13.7. The Morgan fingerprint density at radius 3 is 1.17 bits per heavy atom. The van der Waals surface area contributed by atoms with E-state index in [0.717, 1.165) is 11.4 Å². The largest absolute Gasteiger partial charge is 0.368 e. The molecular weight excluding hydrogens is 587 g/mol. The van der Waals surface area contributed by atoms with E-state index in [1.807, 2.05) is 9.80 Å². The number of carbonyl (C=O) groups excluding carboxylic acids is 2. The lowest BCUT2D eigenvalue weighted by molar-refractivity contribution is -0.385. The molecule has 2 aliphatic heterocycles. The van der Waals surface area contributed by atoms with E-state index in [4.69, 9.17) is 23.2 Å². The minimum atomic E-state index is -0.449. The van der Waals surface area contributed by atoms with Crippen LogP contribution in [0.25, 0.3) is 0 Å². The molecule has 3 aromatic rings. The van der Waals surface area contributed by atoms with Gasteiger partial charge in [0.05, 0.1) is 31.0 Å². The lowest BCUT2D eigenvalue weighted by Gasteiger charge is -2.37. The summed E-state index contributed by atoms with van der Waals surface area (Å²) in [5, 5.41) is 22.2. The van der Waals surface area contributed by atoms with Gasteiger partial charge in [-0.25, -0.2) is 0 Å². The average Bonchev–Trinajstić information content (AvgIpc) is 3.01. The number of rotatable bonds is 6. The summed E-state index contributed by atoms with van der Waals surface area (Å²) in [6.07, 6.45) is 0. The topological polar surface area (TPSA) is 133 Å². The second-order valence-corrected chi connectivity index (χ2v) is 10.7. The molecule has 2 saturated heterocycles. The molecule has 218 valence electrons. The minimum absolute atomic E-state index is 0.0112. The van der Waals surface area contributed by atoms with E-state index >= 15 is 0 Å². The Morgan fingerprint density at radius 2 is 0.881 bits per heavy atom. The van der Waals surface area contributed by atoms with E-state index in [1.54, 1.807) is 34.1 Å². The van der Waals surface area contributed by atoms with E-state index in [0.29, 0.717) is 52.4 Å². The number of anilines is 2.